The van der Waals surface area contributed by atoms with Gasteiger partial charge in [-0.2, -0.15) is 5.10 Å². The van der Waals surface area contributed by atoms with Crippen LogP contribution in [-0.4, -0.2) is 27.4 Å². The third-order valence-electron chi connectivity index (χ3n) is 2.18. The van der Waals surface area contributed by atoms with Gasteiger partial charge < -0.3 is 10.4 Å². The second kappa shape index (κ2) is 5.49. The minimum Gasteiger partial charge on any atom is -0.384 e. The zero-order valence-corrected chi connectivity index (χ0v) is 10.5. The van der Waals surface area contributed by atoms with Crippen molar-refractivity contribution in [3.63, 3.8) is 0 Å². The number of hydrogen-bond donors (Lipinski definition) is 2. The maximum atomic E-state index is 11.9. The second-order valence-corrected chi connectivity index (χ2v) is 4.50. The van der Waals surface area contributed by atoms with Crippen LogP contribution in [0.1, 0.15) is 14.5 Å². The molecule has 2 N–H and O–H groups in total. The van der Waals surface area contributed by atoms with Crippen LogP contribution in [0.5, 0.6) is 0 Å². The minimum atomic E-state index is -0.194. The number of aryl methyl sites for hydroxylation is 1. The molecule has 0 unspecified atom stereocenters. The Morgan fingerprint density at radius 3 is 3.06 bits per heavy atom. The number of carbonyl (C=O) groups excluding carboxylic acids is 1. The van der Waals surface area contributed by atoms with Crippen molar-refractivity contribution >= 4 is 23.1 Å². The second-order valence-electron chi connectivity index (χ2n) is 3.42. The molecule has 0 aliphatic carbocycles. The molecule has 0 bridgehead atoms. The number of anilines is 1. The van der Waals surface area contributed by atoms with Crippen LogP contribution in [0.25, 0.3) is 0 Å². The van der Waals surface area contributed by atoms with Crippen molar-refractivity contribution in [3.05, 3.63) is 34.2 Å². The fraction of sp³-hybridized carbons (Fsp3) is 0.167. The lowest BCUT2D eigenvalue weighted by Gasteiger charge is -2.02. The molecule has 0 saturated heterocycles. The first-order valence-electron chi connectivity index (χ1n) is 5.19. The minimum absolute atomic E-state index is 0.186. The molecule has 2 rings (SSSR count). The lowest BCUT2D eigenvalue weighted by atomic mass is 10.4. The van der Waals surface area contributed by atoms with Gasteiger partial charge >= 0.3 is 0 Å². The molecular weight excluding hydrogens is 250 g/mol. The number of nitrogens with zero attached hydrogens (tertiary/aromatic N) is 2. The van der Waals surface area contributed by atoms with E-state index in [-0.39, 0.29) is 12.5 Å². The number of amides is 1. The van der Waals surface area contributed by atoms with Crippen LogP contribution in [0.3, 0.4) is 0 Å². The summed E-state index contributed by atoms with van der Waals surface area (Å²) in [5.41, 5.74) is 0. The van der Waals surface area contributed by atoms with Gasteiger partial charge in [-0.15, -0.1) is 11.3 Å². The molecule has 0 saturated carbocycles. The van der Waals surface area contributed by atoms with Crippen LogP contribution in [0.15, 0.2) is 24.4 Å². The highest BCUT2D eigenvalue weighted by Crippen LogP contribution is 2.17. The van der Waals surface area contributed by atoms with Crippen molar-refractivity contribution < 1.29 is 9.90 Å². The topological polar surface area (TPSA) is 67.2 Å². The zero-order valence-electron chi connectivity index (χ0n) is 9.67. The number of rotatable bonds is 2. The van der Waals surface area contributed by atoms with Gasteiger partial charge in [0.15, 0.2) is 0 Å². The predicted molar refractivity (Wildman–Crippen MR) is 69.4 cm³/mol. The molecule has 92 valence electrons. The van der Waals surface area contributed by atoms with Gasteiger partial charge in [-0.25, -0.2) is 0 Å². The highest BCUT2D eigenvalue weighted by Gasteiger charge is 2.10. The Hall–Kier alpha value is -2.10. The van der Waals surface area contributed by atoms with E-state index in [1.807, 2.05) is 0 Å². The van der Waals surface area contributed by atoms with Gasteiger partial charge in [0.25, 0.3) is 5.91 Å². The average Bonchev–Trinajstić information content (AvgIpc) is 2.97. The van der Waals surface area contributed by atoms with Gasteiger partial charge in [0, 0.05) is 13.1 Å². The highest BCUT2D eigenvalue weighted by atomic mass is 32.1. The molecule has 18 heavy (non-hydrogen) atoms. The normalized spacial score (nSPS) is 9.67. The zero-order chi connectivity index (χ0) is 13.0. The summed E-state index contributed by atoms with van der Waals surface area (Å²) in [4.78, 5) is 13.2. The number of thiophene rings is 1. The number of aliphatic hydroxyl groups excluding tert-OH is 1. The molecule has 0 fully saturated rings. The van der Waals surface area contributed by atoms with E-state index in [9.17, 15) is 4.79 Å². The average molecular weight is 261 g/mol. The number of nitrogens with one attached hydrogen (secondary N) is 1. The highest BCUT2D eigenvalue weighted by molar-refractivity contribution is 7.14. The van der Waals surface area contributed by atoms with Crippen LogP contribution in [0.2, 0.25) is 0 Å². The molecule has 0 aliphatic heterocycles. The van der Waals surface area contributed by atoms with Gasteiger partial charge in [-0.3, -0.25) is 9.48 Å². The fourth-order valence-electron chi connectivity index (χ4n) is 1.33. The maximum Gasteiger partial charge on any atom is 0.266 e. The molecule has 5 nitrogen and oxygen atoms in total. The first kappa shape index (κ1) is 12.4. The predicted octanol–water partition coefficient (Wildman–Crippen LogP) is 1.08. The number of hydrogen-bond acceptors (Lipinski definition) is 4. The van der Waals surface area contributed by atoms with E-state index in [1.54, 1.807) is 36.1 Å². The summed E-state index contributed by atoms with van der Waals surface area (Å²) < 4.78 is 1.58. The first-order chi connectivity index (χ1) is 8.70. The molecule has 0 aliphatic rings. The van der Waals surface area contributed by atoms with E-state index in [4.69, 9.17) is 5.11 Å². The Bertz CT molecular complexity index is 619. The van der Waals surface area contributed by atoms with E-state index in [0.29, 0.717) is 10.7 Å². The summed E-state index contributed by atoms with van der Waals surface area (Å²) in [6.45, 7) is -0.186. The van der Waals surface area contributed by atoms with Crippen molar-refractivity contribution in [2.75, 3.05) is 11.9 Å². The monoisotopic (exact) mass is 261 g/mol. The summed E-state index contributed by atoms with van der Waals surface area (Å²) in [7, 11) is 1.75. The van der Waals surface area contributed by atoms with Crippen molar-refractivity contribution in [2.24, 2.45) is 7.05 Å². The molecule has 2 aromatic rings. The van der Waals surface area contributed by atoms with E-state index in [2.05, 4.69) is 22.3 Å². The molecular formula is C12H11N3O2S. The summed E-state index contributed by atoms with van der Waals surface area (Å²) in [5, 5.41) is 15.3. The Kier molecular flexibility index (Phi) is 3.77. The SMILES string of the molecule is Cn1nccc1NC(=O)c1ccc(C#CCO)s1. The Balaban J connectivity index is 2.10. The Labute approximate surface area is 108 Å². The lowest BCUT2D eigenvalue weighted by Crippen LogP contribution is -2.13. The fourth-order valence-corrected chi connectivity index (χ4v) is 2.10. The Morgan fingerprint density at radius 1 is 1.56 bits per heavy atom. The maximum absolute atomic E-state index is 11.9. The van der Waals surface area contributed by atoms with Crippen molar-refractivity contribution in [1.82, 2.24) is 9.78 Å². The molecule has 0 spiro atoms. The molecule has 0 radical (unpaired) electrons. The smallest absolute Gasteiger partial charge is 0.266 e. The first-order valence-corrected chi connectivity index (χ1v) is 6.01. The van der Waals surface area contributed by atoms with Crippen molar-refractivity contribution in [2.45, 2.75) is 0 Å². The largest absolute Gasteiger partial charge is 0.384 e. The van der Waals surface area contributed by atoms with Crippen LogP contribution < -0.4 is 5.32 Å². The van der Waals surface area contributed by atoms with Gasteiger partial charge in [-0.1, -0.05) is 11.8 Å². The van der Waals surface area contributed by atoms with Crippen molar-refractivity contribution in [3.8, 4) is 11.8 Å². The molecule has 2 heterocycles. The van der Waals surface area contributed by atoms with E-state index < -0.39 is 0 Å². The molecule has 6 heteroatoms. The van der Waals surface area contributed by atoms with E-state index >= 15 is 0 Å². The Morgan fingerprint density at radius 2 is 2.39 bits per heavy atom. The van der Waals surface area contributed by atoms with E-state index in [1.165, 1.54) is 11.3 Å². The van der Waals surface area contributed by atoms with Gasteiger partial charge in [-0.05, 0) is 12.1 Å². The van der Waals surface area contributed by atoms with Gasteiger partial charge in [0.1, 0.15) is 12.4 Å². The molecule has 0 aromatic carbocycles. The third-order valence-corrected chi connectivity index (χ3v) is 3.18. The summed E-state index contributed by atoms with van der Waals surface area (Å²) >= 11 is 1.28. The third kappa shape index (κ3) is 2.77. The molecule has 0 atom stereocenters. The van der Waals surface area contributed by atoms with Crippen molar-refractivity contribution in [1.29, 1.82) is 0 Å². The number of aromatic nitrogens is 2. The lowest BCUT2D eigenvalue weighted by molar-refractivity contribution is 0.102. The standard InChI is InChI=1S/C12H11N3O2S/c1-15-11(6-7-13-15)14-12(17)10-5-4-9(18-10)3-2-8-16/h4-7,16H,8H2,1H3,(H,14,17). The van der Waals surface area contributed by atoms with Gasteiger partial charge in [0.2, 0.25) is 0 Å². The summed E-state index contributed by atoms with van der Waals surface area (Å²) in [6.07, 6.45) is 1.61. The van der Waals surface area contributed by atoms with Crippen LogP contribution in [0.4, 0.5) is 5.82 Å². The molecule has 1 amide bonds. The summed E-state index contributed by atoms with van der Waals surface area (Å²) in [5.74, 6) is 5.74. The van der Waals surface area contributed by atoms with Gasteiger partial charge in [0.05, 0.1) is 16.0 Å². The quantitative estimate of drug-likeness (QED) is 0.795. The van der Waals surface area contributed by atoms with Crippen LogP contribution in [-0.2, 0) is 7.05 Å². The van der Waals surface area contributed by atoms with E-state index in [0.717, 1.165) is 4.88 Å². The molecule has 2 aromatic heterocycles. The van der Waals surface area contributed by atoms with Crippen LogP contribution in [0, 0.1) is 11.8 Å². The van der Waals surface area contributed by atoms with Crippen LogP contribution >= 0.6 is 11.3 Å². The number of aliphatic hydroxyl groups is 1. The summed E-state index contributed by atoms with van der Waals surface area (Å²) in [6, 6.07) is 5.18. The number of carbonyl (C=O) groups is 1.